The van der Waals surface area contributed by atoms with Crippen molar-refractivity contribution >= 4 is 5.91 Å². The van der Waals surface area contributed by atoms with E-state index in [4.69, 9.17) is 5.73 Å². The molecule has 1 aromatic carbocycles. The third kappa shape index (κ3) is 3.56. The van der Waals surface area contributed by atoms with Gasteiger partial charge in [0.2, 0.25) is 0 Å². The lowest BCUT2D eigenvalue weighted by molar-refractivity contribution is 0.0918. The molecular weight excluding hydrogens is 264 g/mol. The molecule has 0 spiro atoms. The number of para-hydroxylation sites is 1. The van der Waals surface area contributed by atoms with Gasteiger partial charge in [-0.2, -0.15) is 0 Å². The molecule has 1 amide bonds. The molecule has 4 N–H and O–H groups in total. The molecule has 4 heteroatoms. The van der Waals surface area contributed by atoms with Gasteiger partial charge in [-0.1, -0.05) is 45.7 Å². The number of nitrogens with one attached hydrogen (secondary N) is 1. The molecule has 2 rings (SSSR count). The maximum Gasteiger partial charge on any atom is 0.255 e. The van der Waals surface area contributed by atoms with Crippen LogP contribution in [-0.2, 0) is 5.41 Å². The van der Waals surface area contributed by atoms with Crippen molar-refractivity contribution in [1.82, 2.24) is 5.32 Å². The number of carbonyl (C=O) groups is 1. The lowest BCUT2D eigenvalue weighted by atomic mass is 9.85. The maximum absolute atomic E-state index is 12.4. The van der Waals surface area contributed by atoms with E-state index in [0.717, 1.165) is 31.2 Å². The zero-order valence-corrected chi connectivity index (χ0v) is 13.1. The quantitative estimate of drug-likeness (QED) is 0.784. The van der Waals surface area contributed by atoms with Crippen LogP contribution in [0.25, 0.3) is 0 Å². The second-order valence-corrected chi connectivity index (χ2v) is 6.98. The predicted molar refractivity (Wildman–Crippen MR) is 84.5 cm³/mol. The molecule has 1 aliphatic rings. The number of aromatic hydroxyl groups is 1. The van der Waals surface area contributed by atoms with Crippen LogP contribution in [0.1, 0.15) is 62.4 Å². The predicted octanol–water partition coefficient (Wildman–Crippen LogP) is 2.69. The van der Waals surface area contributed by atoms with Crippen LogP contribution in [0, 0.1) is 0 Å². The summed E-state index contributed by atoms with van der Waals surface area (Å²) in [5, 5.41) is 13.4. The van der Waals surface area contributed by atoms with Gasteiger partial charge in [-0.3, -0.25) is 4.79 Å². The van der Waals surface area contributed by atoms with Gasteiger partial charge in [0, 0.05) is 17.6 Å². The number of carbonyl (C=O) groups excluding carboxylic acids is 1. The topological polar surface area (TPSA) is 75.4 Å². The molecular formula is C17H26N2O2. The van der Waals surface area contributed by atoms with Crippen molar-refractivity contribution in [1.29, 1.82) is 0 Å². The molecule has 0 aliphatic heterocycles. The van der Waals surface area contributed by atoms with Crippen LogP contribution in [0.5, 0.6) is 5.75 Å². The zero-order chi connectivity index (χ0) is 15.6. The van der Waals surface area contributed by atoms with E-state index < -0.39 is 0 Å². The van der Waals surface area contributed by atoms with E-state index in [9.17, 15) is 9.90 Å². The molecule has 116 valence electrons. The Balaban J connectivity index is 2.20. The SMILES string of the molecule is CC(C)(C)c1cccc(C(=O)N[C@H]2CCCC[C@@H]2N)c1O. The molecule has 0 unspecified atom stereocenters. The average Bonchev–Trinajstić information content (AvgIpc) is 2.40. The normalized spacial score (nSPS) is 22.9. The summed E-state index contributed by atoms with van der Waals surface area (Å²) in [5.41, 5.74) is 6.97. The van der Waals surface area contributed by atoms with Crippen LogP contribution in [-0.4, -0.2) is 23.1 Å². The molecule has 1 aliphatic carbocycles. The van der Waals surface area contributed by atoms with Crippen molar-refractivity contribution in [2.45, 2.75) is 64.0 Å². The van der Waals surface area contributed by atoms with Crippen molar-refractivity contribution in [2.24, 2.45) is 5.73 Å². The van der Waals surface area contributed by atoms with Gasteiger partial charge >= 0.3 is 0 Å². The largest absolute Gasteiger partial charge is 0.507 e. The van der Waals surface area contributed by atoms with Gasteiger partial charge in [-0.15, -0.1) is 0 Å². The van der Waals surface area contributed by atoms with Gasteiger partial charge in [-0.05, 0) is 24.3 Å². The third-order valence-corrected chi connectivity index (χ3v) is 4.22. The lowest BCUT2D eigenvalue weighted by Crippen LogP contribution is -2.49. The van der Waals surface area contributed by atoms with E-state index >= 15 is 0 Å². The first kappa shape index (κ1) is 15.8. The second kappa shape index (κ2) is 6.06. The minimum Gasteiger partial charge on any atom is -0.507 e. The number of nitrogens with two attached hydrogens (primary N) is 1. The summed E-state index contributed by atoms with van der Waals surface area (Å²) in [6.45, 7) is 6.04. The molecule has 0 heterocycles. The fraction of sp³-hybridized carbons (Fsp3) is 0.588. The summed E-state index contributed by atoms with van der Waals surface area (Å²) in [6.07, 6.45) is 4.07. The van der Waals surface area contributed by atoms with Crippen molar-refractivity contribution in [2.75, 3.05) is 0 Å². The Hall–Kier alpha value is -1.55. The number of rotatable bonds is 2. The minimum absolute atomic E-state index is 0.00365. The van der Waals surface area contributed by atoms with Gasteiger partial charge < -0.3 is 16.2 Å². The summed E-state index contributed by atoms with van der Waals surface area (Å²) in [5.74, 6) is -0.159. The van der Waals surface area contributed by atoms with E-state index in [1.165, 1.54) is 0 Å². The fourth-order valence-electron chi connectivity index (χ4n) is 2.92. The van der Waals surface area contributed by atoms with Crippen molar-refractivity contribution in [3.63, 3.8) is 0 Å². The highest BCUT2D eigenvalue weighted by molar-refractivity contribution is 5.97. The first-order valence-electron chi connectivity index (χ1n) is 7.69. The van der Waals surface area contributed by atoms with Crippen LogP contribution >= 0.6 is 0 Å². The van der Waals surface area contributed by atoms with Crippen molar-refractivity contribution in [3.05, 3.63) is 29.3 Å². The summed E-state index contributed by atoms with van der Waals surface area (Å²) >= 11 is 0. The minimum atomic E-state index is -0.235. The molecule has 1 aromatic rings. The number of phenols is 1. The van der Waals surface area contributed by atoms with E-state index in [-0.39, 0.29) is 29.2 Å². The first-order valence-corrected chi connectivity index (χ1v) is 7.69. The first-order chi connectivity index (χ1) is 9.80. The van der Waals surface area contributed by atoms with Crippen molar-refractivity contribution in [3.8, 4) is 5.75 Å². The molecule has 0 bridgehead atoms. The highest BCUT2D eigenvalue weighted by atomic mass is 16.3. The molecule has 0 aromatic heterocycles. The van der Waals surface area contributed by atoms with Crippen molar-refractivity contribution < 1.29 is 9.90 Å². The van der Waals surface area contributed by atoms with Gasteiger partial charge in [0.1, 0.15) is 5.75 Å². The molecule has 4 nitrogen and oxygen atoms in total. The lowest BCUT2D eigenvalue weighted by Gasteiger charge is -2.29. The molecule has 2 atom stereocenters. The number of phenolic OH excluding ortho intramolecular Hbond substituents is 1. The Kier molecular flexibility index (Phi) is 4.57. The summed E-state index contributed by atoms with van der Waals surface area (Å²) in [7, 11) is 0. The van der Waals surface area contributed by atoms with Crippen LogP contribution < -0.4 is 11.1 Å². The Bertz CT molecular complexity index is 520. The Morgan fingerprint density at radius 1 is 1.29 bits per heavy atom. The second-order valence-electron chi connectivity index (χ2n) is 6.98. The zero-order valence-electron chi connectivity index (χ0n) is 13.1. The Labute approximate surface area is 126 Å². The van der Waals surface area contributed by atoms with E-state index in [1.807, 2.05) is 32.9 Å². The monoisotopic (exact) mass is 290 g/mol. The number of hydrogen-bond acceptors (Lipinski definition) is 3. The highest BCUT2D eigenvalue weighted by Gasteiger charge is 2.26. The third-order valence-electron chi connectivity index (χ3n) is 4.22. The van der Waals surface area contributed by atoms with Gasteiger partial charge in [0.15, 0.2) is 0 Å². The smallest absolute Gasteiger partial charge is 0.255 e. The number of benzene rings is 1. The number of hydrogen-bond donors (Lipinski definition) is 3. The summed E-state index contributed by atoms with van der Waals surface area (Å²) in [4.78, 5) is 12.4. The van der Waals surface area contributed by atoms with E-state index in [2.05, 4.69) is 5.32 Å². The van der Waals surface area contributed by atoms with Crippen LogP contribution in [0.15, 0.2) is 18.2 Å². The molecule has 0 saturated heterocycles. The molecule has 1 saturated carbocycles. The van der Waals surface area contributed by atoms with Crippen LogP contribution in [0.4, 0.5) is 0 Å². The summed E-state index contributed by atoms with van der Waals surface area (Å²) < 4.78 is 0. The fourth-order valence-corrected chi connectivity index (χ4v) is 2.92. The number of amides is 1. The Morgan fingerprint density at radius 2 is 1.95 bits per heavy atom. The van der Waals surface area contributed by atoms with Gasteiger partial charge in [0.25, 0.3) is 5.91 Å². The standard InChI is InChI=1S/C17H26N2O2/c1-17(2,3)12-8-6-7-11(15(12)20)16(21)19-14-10-5-4-9-13(14)18/h6-8,13-14,20H,4-5,9-10,18H2,1-3H3,(H,19,21)/t13-,14-/m0/s1. The van der Waals surface area contributed by atoms with Gasteiger partial charge in [-0.25, -0.2) is 0 Å². The summed E-state index contributed by atoms with van der Waals surface area (Å²) in [6, 6.07) is 5.35. The van der Waals surface area contributed by atoms with Gasteiger partial charge in [0.05, 0.1) is 5.56 Å². The van der Waals surface area contributed by atoms with E-state index in [0.29, 0.717) is 5.56 Å². The molecule has 21 heavy (non-hydrogen) atoms. The maximum atomic E-state index is 12.4. The Morgan fingerprint density at radius 3 is 2.57 bits per heavy atom. The molecule has 1 fully saturated rings. The molecule has 0 radical (unpaired) electrons. The average molecular weight is 290 g/mol. The van der Waals surface area contributed by atoms with E-state index in [1.54, 1.807) is 6.07 Å². The van der Waals surface area contributed by atoms with Crippen LogP contribution in [0.3, 0.4) is 0 Å². The highest BCUT2D eigenvalue weighted by Crippen LogP contribution is 2.33. The van der Waals surface area contributed by atoms with Crippen LogP contribution in [0.2, 0.25) is 0 Å².